The number of hydrogen-bond acceptors (Lipinski definition) is 1. The van der Waals surface area contributed by atoms with Gasteiger partial charge in [-0.05, 0) is 36.1 Å². The average Bonchev–Trinajstić information content (AvgIpc) is 2.10. The molecule has 0 aliphatic heterocycles. The third-order valence-electron chi connectivity index (χ3n) is 2.23. The van der Waals surface area contributed by atoms with Crippen LogP contribution in [-0.2, 0) is 0 Å². The van der Waals surface area contributed by atoms with Crippen molar-refractivity contribution in [1.82, 2.24) is 0 Å². The summed E-state index contributed by atoms with van der Waals surface area (Å²) in [6.07, 6.45) is 0. The van der Waals surface area contributed by atoms with Crippen LogP contribution in [0.25, 0.3) is 10.8 Å². The van der Waals surface area contributed by atoms with Crippen molar-refractivity contribution in [3.8, 4) is 0 Å². The Balaban J connectivity index is 2.95. The van der Waals surface area contributed by atoms with Gasteiger partial charge in [-0.3, -0.25) is 0 Å². The minimum absolute atomic E-state index is 0.144. The number of hydrogen-bond donors (Lipinski definition) is 1. The van der Waals surface area contributed by atoms with Crippen molar-refractivity contribution in [1.29, 1.82) is 0 Å². The van der Waals surface area contributed by atoms with Gasteiger partial charge in [-0.2, -0.15) is 0 Å². The minimum atomic E-state index is -0.373. The van der Waals surface area contributed by atoms with E-state index in [1.807, 2.05) is 6.92 Å². The maximum atomic E-state index is 13.6. The lowest BCUT2D eigenvalue weighted by Crippen LogP contribution is -1.90. The van der Waals surface area contributed by atoms with E-state index in [-0.39, 0.29) is 10.8 Å². The first-order chi connectivity index (χ1) is 6.59. The summed E-state index contributed by atoms with van der Waals surface area (Å²) in [5.41, 5.74) is 7.10. The smallest absolute Gasteiger partial charge is 0.149 e. The second kappa shape index (κ2) is 3.14. The van der Waals surface area contributed by atoms with Crippen molar-refractivity contribution in [2.75, 3.05) is 5.73 Å². The van der Waals surface area contributed by atoms with E-state index in [1.165, 1.54) is 6.07 Å². The van der Waals surface area contributed by atoms with Crippen molar-refractivity contribution in [3.63, 3.8) is 0 Å². The highest BCUT2D eigenvalue weighted by atomic mass is 35.5. The molecule has 0 heterocycles. The standard InChI is InChI=1S/C11H9ClFN/c1-6-4-8(14)5-7-2-3-9(12)11(13)10(6)7/h2-5H,14H2,1H3. The van der Waals surface area contributed by atoms with E-state index in [9.17, 15) is 4.39 Å². The Morgan fingerprint density at radius 3 is 2.71 bits per heavy atom. The van der Waals surface area contributed by atoms with Crippen LogP contribution in [0.15, 0.2) is 24.3 Å². The van der Waals surface area contributed by atoms with E-state index in [2.05, 4.69) is 0 Å². The summed E-state index contributed by atoms with van der Waals surface area (Å²) in [5.74, 6) is -0.373. The van der Waals surface area contributed by atoms with Crippen LogP contribution in [0.3, 0.4) is 0 Å². The zero-order chi connectivity index (χ0) is 10.3. The molecule has 3 heteroatoms. The van der Waals surface area contributed by atoms with Gasteiger partial charge in [0.05, 0.1) is 5.02 Å². The molecule has 0 aromatic heterocycles. The lowest BCUT2D eigenvalue weighted by atomic mass is 10.0. The molecule has 0 atom stereocenters. The summed E-state index contributed by atoms with van der Waals surface area (Å²) in [7, 11) is 0. The molecule has 0 saturated heterocycles. The second-order valence-corrected chi connectivity index (χ2v) is 3.70. The van der Waals surface area contributed by atoms with E-state index in [0.717, 1.165) is 10.9 Å². The molecule has 0 aliphatic carbocycles. The molecule has 0 bridgehead atoms. The van der Waals surface area contributed by atoms with Crippen LogP contribution < -0.4 is 5.73 Å². The molecular formula is C11H9ClFN. The zero-order valence-electron chi connectivity index (χ0n) is 7.64. The summed E-state index contributed by atoms with van der Waals surface area (Å²) >= 11 is 5.69. The van der Waals surface area contributed by atoms with Crippen molar-refractivity contribution in [2.24, 2.45) is 0 Å². The molecule has 2 N–H and O–H groups in total. The van der Waals surface area contributed by atoms with Gasteiger partial charge in [0.1, 0.15) is 5.82 Å². The Morgan fingerprint density at radius 2 is 2.00 bits per heavy atom. The molecule has 2 rings (SSSR count). The van der Waals surface area contributed by atoms with Gasteiger partial charge in [-0.1, -0.05) is 17.7 Å². The summed E-state index contributed by atoms with van der Waals surface area (Å²) in [6.45, 7) is 1.82. The molecule has 0 aliphatic rings. The van der Waals surface area contributed by atoms with Crippen molar-refractivity contribution >= 4 is 28.1 Å². The van der Waals surface area contributed by atoms with Crippen LogP contribution >= 0.6 is 11.6 Å². The van der Waals surface area contributed by atoms with Gasteiger partial charge < -0.3 is 5.73 Å². The number of rotatable bonds is 0. The van der Waals surface area contributed by atoms with E-state index in [0.29, 0.717) is 11.1 Å². The maximum absolute atomic E-state index is 13.6. The highest BCUT2D eigenvalue weighted by molar-refractivity contribution is 6.31. The van der Waals surface area contributed by atoms with Crippen LogP contribution in [0.5, 0.6) is 0 Å². The summed E-state index contributed by atoms with van der Waals surface area (Å²) in [5, 5.41) is 1.47. The fraction of sp³-hybridized carbons (Fsp3) is 0.0909. The third kappa shape index (κ3) is 1.32. The highest BCUT2D eigenvalue weighted by Crippen LogP contribution is 2.28. The normalized spacial score (nSPS) is 10.8. The molecule has 2 aromatic rings. The molecule has 0 spiro atoms. The topological polar surface area (TPSA) is 26.0 Å². The van der Waals surface area contributed by atoms with Crippen molar-refractivity contribution < 1.29 is 4.39 Å². The molecule has 1 nitrogen and oxygen atoms in total. The first kappa shape index (κ1) is 9.28. The first-order valence-electron chi connectivity index (χ1n) is 4.23. The second-order valence-electron chi connectivity index (χ2n) is 3.30. The van der Waals surface area contributed by atoms with Crippen molar-refractivity contribution in [3.05, 3.63) is 40.7 Å². The lowest BCUT2D eigenvalue weighted by Gasteiger charge is -2.06. The number of nitrogens with two attached hydrogens (primary N) is 1. The number of halogens is 2. The fourth-order valence-electron chi connectivity index (χ4n) is 1.63. The van der Waals surface area contributed by atoms with E-state index < -0.39 is 0 Å². The van der Waals surface area contributed by atoms with E-state index >= 15 is 0 Å². The molecule has 0 radical (unpaired) electrons. The van der Waals surface area contributed by atoms with E-state index in [4.69, 9.17) is 17.3 Å². The molecule has 2 aromatic carbocycles. The van der Waals surface area contributed by atoms with Crippen LogP contribution in [0.4, 0.5) is 10.1 Å². The summed E-state index contributed by atoms with van der Waals surface area (Å²) in [4.78, 5) is 0. The monoisotopic (exact) mass is 209 g/mol. The molecule has 14 heavy (non-hydrogen) atoms. The van der Waals surface area contributed by atoms with Gasteiger partial charge in [0.15, 0.2) is 0 Å². The summed E-state index contributed by atoms with van der Waals surface area (Å²) < 4.78 is 13.6. The van der Waals surface area contributed by atoms with Gasteiger partial charge in [0.2, 0.25) is 0 Å². The Kier molecular flexibility index (Phi) is 2.08. The Morgan fingerprint density at radius 1 is 1.29 bits per heavy atom. The number of nitrogen functional groups attached to an aromatic ring is 1. The van der Waals surface area contributed by atoms with Crippen LogP contribution in [0, 0.1) is 12.7 Å². The maximum Gasteiger partial charge on any atom is 0.149 e. The fourth-order valence-corrected chi connectivity index (χ4v) is 1.79. The lowest BCUT2D eigenvalue weighted by molar-refractivity contribution is 0.640. The van der Waals surface area contributed by atoms with Crippen LogP contribution in [0.1, 0.15) is 5.56 Å². The third-order valence-corrected chi connectivity index (χ3v) is 2.52. The van der Waals surface area contributed by atoms with Crippen LogP contribution in [0.2, 0.25) is 5.02 Å². The molecule has 0 fully saturated rings. The van der Waals surface area contributed by atoms with Gasteiger partial charge in [-0.25, -0.2) is 4.39 Å². The van der Waals surface area contributed by atoms with E-state index in [1.54, 1.807) is 18.2 Å². The molecule has 0 amide bonds. The Bertz CT molecular complexity index is 508. The molecule has 72 valence electrons. The van der Waals surface area contributed by atoms with Gasteiger partial charge in [-0.15, -0.1) is 0 Å². The number of anilines is 1. The first-order valence-corrected chi connectivity index (χ1v) is 4.61. The summed E-state index contributed by atoms with van der Waals surface area (Å²) in [6, 6.07) is 6.78. The Hall–Kier alpha value is -1.28. The molecule has 0 unspecified atom stereocenters. The minimum Gasteiger partial charge on any atom is -0.399 e. The van der Waals surface area contributed by atoms with Gasteiger partial charge >= 0.3 is 0 Å². The van der Waals surface area contributed by atoms with Crippen LogP contribution in [-0.4, -0.2) is 0 Å². The predicted molar refractivity (Wildman–Crippen MR) is 58.1 cm³/mol. The van der Waals surface area contributed by atoms with Gasteiger partial charge in [0.25, 0.3) is 0 Å². The van der Waals surface area contributed by atoms with Crippen molar-refractivity contribution in [2.45, 2.75) is 6.92 Å². The Labute approximate surface area is 86.3 Å². The van der Waals surface area contributed by atoms with Gasteiger partial charge in [0, 0.05) is 11.1 Å². The molecule has 0 saturated carbocycles. The number of fused-ring (bicyclic) bond motifs is 1. The number of aryl methyl sites for hydroxylation is 1. The largest absolute Gasteiger partial charge is 0.399 e. The molecular weight excluding hydrogens is 201 g/mol. The predicted octanol–water partition coefficient (Wildman–Crippen LogP) is 3.52. The number of benzene rings is 2. The SMILES string of the molecule is Cc1cc(N)cc2ccc(Cl)c(F)c12. The highest BCUT2D eigenvalue weighted by Gasteiger charge is 2.08. The quantitative estimate of drug-likeness (QED) is 0.660. The zero-order valence-corrected chi connectivity index (χ0v) is 8.40. The average molecular weight is 210 g/mol.